The molecule has 0 N–H and O–H groups in total. The van der Waals surface area contributed by atoms with Gasteiger partial charge in [-0.1, -0.05) is 117 Å². The van der Waals surface area contributed by atoms with Crippen LogP contribution in [0.3, 0.4) is 0 Å². The molecule has 3 aromatic carbocycles. The highest BCUT2D eigenvalue weighted by molar-refractivity contribution is 5.77. The molecule has 0 atom stereocenters. The number of hydrogen-bond donors (Lipinski definition) is 0. The molecule has 0 saturated carbocycles. The molecule has 1 aliphatic carbocycles. The zero-order valence-electron chi connectivity index (χ0n) is 17.8. The van der Waals surface area contributed by atoms with Crippen molar-refractivity contribution < 1.29 is 0 Å². The van der Waals surface area contributed by atoms with E-state index in [1.807, 2.05) is 13.8 Å². The van der Waals surface area contributed by atoms with Crippen molar-refractivity contribution in [2.75, 3.05) is 0 Å². The minimum absolute atomic E-state index is 1.13. The van der Waals surface area contributed by atoms with E-state index in [2.05, 4.69) is 97.1 Å². The van der Waals surface area contributed by atoms with Gasteiger partial charge >= 0.3 is 0 Å². The monoisotopic (exact) mass is 380 g/mol. The summed E-state index contributed by atoms with van der Waals surface area (Å²) >= 11 is 0. The lowest BCUT2D eigenvalue weighted by Gasteiger charge is -2.17. The van der Waals surface area contributed by atoms with Gasteiger partial charge < -0.3 is 0 Å². The first-order valence-corrected chi connectivity index (χ1v) is 11.0. The molecule has 0 amide bonds. The van der Waals surface area contributed by atoms with Gasteiger partial charge in [0.1, 0.15) is 0 Å². The van der Waals surface area contributed by atoms with E-state index in [1.165, 1.54) is 53.5 Å². The van der Waals surface area contributed by atoms with Gasteiger partial charge in [-0.2, -0.15) is 0 Å². The molecule has 0 heterocycles. The van der Waals surface area contributed by atoms with Gasteiger partial charge in [-0.3, -0.25) is 0 Å². The van der Waals surface area contributed by atoms with Gasteiger partial charge in [0.05, 0.1) is 0 Å². The summed E-state index contributed by atoms with van der Waals surface area (Å²) in [4.78, 5) is 0. The average molecular weight is 381 g/mol. The second-order valence-corrected chi connectivity index (χ2v) is 7.20. The molecule has 0 spiro atoms. The first kappa shape index (κ1) is 20.9. The van der Waals surface area contributed by atoms with Crippen molar-refractivity contribution in [1.82, 2.24) is 0 Å². The van der Waals surface area contributed by atoms with Crippen LogP contribution < -0.4 is 0 Å². The predicted octanol–water partition coefficient (Wildman–Crippen LogP) is 8.51. The summed E-state index contributed by atoms with van der Waals surface area (Å²) in [5.74, 6) is 0. The maximum atomic E-state index is 2.33. The van der Waals surface area contributed by atoms with Crippen LogP contribution in [0.15, 0.2) is 103 Å². The van der Waals surface area contributed by atoms with Crippen molar-refractivity contribution >= 4 is 5.57 Å². The minimum Gasteiger partial charge on any atom is -0.0836 e. The first-order valence-electron chi connectivity index (χ1n) is 11.0. The molecule has 1 aliphatic rings. The van der Waals surface area contributed by atoms with Crippen LogP contribution in [0.2, 0.25) is 0 Å². The van der Waals surface area contributed by atoms with Crippen molar-refractivity contribution in [2.45, 2.75) is 46.0 Å². The van der Waals surface area contributed by atoms with E-state index in [9.17, 15) is 0 Å². The SMILES string of the molecule is C1=CC(c2ccccc2)=C(CCCc2ccccc2-c2ccccc2)CC1.CC. The Labute approximate surface area is 176 Å². The molecule has 0 fully saturated rings. The summed E-state index contributed by atoms with van der Waals surface area (Å²) < 4.78 is 0. The zero-order chi connectivity index (χ0) is 20.3. The number of hydrogen-bond acceptors (Lipinski definition) is 0. The topological polar surface area (TPSA) is 0 Å². The van der Waals surface area contributed by atoms with Gasteiger partial charge in [-0.15, -0.1) is 0 Å². The third-order valence-electron chi connectivity index (χ3n) is 5.39. The van der Waals surface area contributed by atoms with Crippen molar-refractivity contribution in [3.63, 3.8) is 0 Å². The van der Waals surface area contributed by atoms with E-state index in [1.54, 1.807) is 5.57 Å². The molecule has 3 aromatic rings. The zero-order valence-corrected chi connectivity index (χ0v) is 17.8. The van der Waals surface area contributed by atoms with E-state index in [0.29, 0.717) is 0 Å². The summed E-state index contributed by atoms with van der Waals surface area (Å²) in [7, 11) is 0. The van der Waals surface area contributed by atoms with Crippen molar-refractivity contribution in [2.24, 2.45) is 0 Å². The Hall–Kier alpha value is -2.86. The highest BCUT2D eigenvalue weighted by atomic mass is 14.2. The largest absolute Gasteiger partial charge is 0.0836 e. The number of allylic oxidation sites excluding steroid dienone is 4. The lowest BCUT2D eigenvalue weighted by Crippen LogP contribution is -1.97. The van der Waals surface area contributed by atoms with Crippen molar-refractivity contribution in [3.05, 3.63) is 114 Å². The van der Waals surface area contributed by atoms with Crippen LogP contribution in [0.1, 0.15) is 50.7 Å². The fourth-order valence-corrected chi connectivity index (χ4v) is 4.02. The molecule has 0 radical (unpaired) electrons. The fourth-order valence-electron chi connectivity index (χ4n) is 4.02. The van der Waals surface area contributed by atoms with Crippen LogP contribution in [0, 0.1) is 0 Å². The maximum Gasteiger partial charge on any atom is -0.0152 e. The lowest BCUT2D eigenvalue weighted by atomic mass is 9.88. The lowest BCUT2D eigenvalue weighted by molar-refractivity contribution is 0.771. The Bertz CT molecular complexity index is 930. The Morgan fingerprint density at radius 3 is 2.00 bits per heavy atom. The van der Waals surface area contributed by atoms with Crippen LogP contribution in [0.4, 0.5) is 0 Å². The second-order valence-electron chi connectivity index (χ2n) is 7.20. The smallest absolute Gasteiger partial charge is 0.0152 e. The molecular formula is C29H32. The third-order valence-corrected chi connectivity index (χ3v) is 5.39. The van der Waals surface area contributed by atoms with Gasteiger partial charge in [0.2, 0.25) is 0 Å². The summed E-state index contributed by atoms with van der Waals surface area (Å²) in [5, 5.41) is 0. The summed E-state index contributed by atoms with van der Waals surface area (Å²) in [6, 6.07) is 30.4. The van der Waals surface area contributed by atoms with Gasteiger partial charge in [0, 0.05) is 0 Å². The van der Waals surface area contributed by atoms with E-state index in [-0.39, 0.29) is 0 Å². The molecular weight excluding hydrogens is 348 g/mol. The van der Waals surface area contributed by atoms with Crippen LogP contribution in [0.5, 0.6) is 0 Å². The summed E-state index contributed by atoms with van der Waals surface area (Å²) in [6.45, 7) is 4.00. The number of rotatable bonds is 6. The maximum absolute atomic E-state index is 2.33. The summed E-state index contributed by atoms with van der Waals surface area (Å²) in [6.07, 6.45) is 10.5. The molecule has 0 heteroatoms. The van der Waals surface area contributed by atoms with E-state index < -0.39 is 0 Å². The van der Waals surface area contributed by atoms with E-state index in [4.69, 9.17) is 0 Å². The van der Waals surface area contributed by atoms with Crippen LogP contribution in [-0.2, 0) is 6.42 Å². The molecule has 0 bridgehead atoms. The highest BCUT2D eigenvalue weighted by Gasteiger charge is 2.11. The first-order chi connectivity index (χ1) is 14.4. The summed E-state index contributed by atoms with van der Waals surface area (Å²) in [5.41, 5.74) is 8.56. The predicted molar refractivity (Wildman–Crippen MR) is 128 cm³/mol. The molecule has 0 aliphatic heterocycles. The molecule has 0 nitrogen and oxygen atoms in total. The number of aryl methyl sites for hydroxylation is 1. The number of benzene rings is 3. The Morgan fingerprint density at radius 1 is 0.655 bits per heavy atom. The normalized spacial score (nSPS) is 13.0. The van der Waals surface area contributed by atoms with Gasteiger partial charge in [-0.25, -0.2) is 0 Å². The fraction of sp³-hybridized carbons (Fsp3) is 0.241. The Morgan fingerprint density at radius 2 is 1.28 bits per heavy atom. The Balaban J connectivity index is 0.00000117. The average Bonchev–Trinajstić information content (AvgIpc) is 2.82. The van der Waals surface area contributed by atoms with Crippen molar-refractivity contribution in [1.29, 1.82) is 0 Å². The quantitative estimate of drug-likeness (QED) is 0.402. The van der Waals surface area contributed by atoms with Gasteiger partial charge in [-0.05, 0) is 59.9 Å². The van der Waals surface area contributed by atoms with Crippen LogP contribution in [-0.4, -0.2) is 0 Å². The Kier molecular flexibility index (Phi) is 8.07. The van der Waals surface area contributed by atoms with Crippen LogP contribution in [0.25, 0.3) is 16.7 Å². The standard InChI is InChI=1S/C27H26.C2H6/c1-3-12-22(13-4-1)26-20-9-7-16-24(26)18-11-19-25-17-8-10-21-27(25)23-14-5-2-6-15-23;1-2/h1-7,9-10,12-16,20-21H,8,11,17-19H2;1-2H3. The van der Waals surface area contributed by atoms with Crippen LogP contribution >= 0.6 is 0 Å². The molecule has 4 rings (SSSR count). The minimum atomic E-state index is 1.13. The molecule has 29 heavy (non-hydrogen) atoms. The molecule has 0 saturated heterocycles. The van der Waals surface area contributed by atoms with E-state index in [0.717, 1.165) is 6.42 Å². The molecule has 148 valence electrons. The van der Waals surface area contributed by atoms with Gasteiger partial charge in [0.25, 0.3) is 0 Å². The van der Waals surface area contributed by atoms with Gasteiger partial charge in [0.15, 0.2) is 0 Å². The highest BCUT2D eigenvalue weighted by Crippen LogP contribution is 2.31. The second kappa shape index (κ2) is 11.2. The molecule has 0 unspecified atom stereocenters. The van der Waals surface area contributed by atoms with Crippen molar-refractivity contribution in [3.8, 4) is 11.1 Å². The van der Waals surface area contributed by atoms with E-state index >= 15 is 0 Å². The molecule has 0 aromatic heterocycles. The third kappa shape index (κ3) is 5.57.